The summed E-state index contributed by atoms with van der Waals surface area (Å²) in [5.74, 6) is 1.39. The van der Waals surface area contributed by atoms with Crippen LogP contribution in [0.5, 0.6) is 0 Å². The fraction of sp³-hybridized carbons (Fsp3) is 0.111. The van der Waals surface area contributed by atoms with Gasteiger partial charge in [0, 0.05) is 22.1 Å². The Morgan fingerprint density at radius 1 is 1.04 bits per heavy atom. The molecule has 0 bridgehead atoms. The van der Waals surface area contributed by atoms with Gasteiger partial charge in [-0.15, -0.1) is 0 Å². The number of aromatic nitrogens is 3. The number of nitrogens with zero attached hydrogens (tertiary/aromatic N) is 3. The molecule has 4 rings (SSSR count). The van der Waals surface area contributed by atoms with Crippen molar-refractivity contribution in [3.05, 3.63) is 64.5 Å². The zero-order valence-corrected chi connectivity index (χ0v) is 14.3. The van der Waals surface area contributed by atoms with Gasteiger partial charge in [-0.3, -0.25) is 0 Å². The highest BCUT2D eigenvalue weighted by molar-refractivity contribution is 9.10. The third-order valence-electron chi connectivity index (χ3n) is 3.84. The van der Waals surface area contributed by atoms with Crippen molar-refractivity contribution in [2.24, 2.45) is 0 Å². The Morgan fingerprint density at radius 2 is 1.78 bits per heavy atom. The van der Waals surface area contributed by atoms with E-state index < -0.39 is 0 Å². The van der Waals surface area contributed by atoms with Crippen LogP contribution in [0.4, 0.5) is 0 Å². The highest BCUT2D eigenvalue weighted by Crippen LogP contribution is 2.31. The molecule has 0 radical (unpaired) electrons. The molecule has 1 aromatic carbocycles. The van der Waals surface area contributed by atoms with E-state index in [0.29, 0.717) is 5.89 Å². The van der Waals surface area contributed by atoms with Crippen molar-refractivity contribution in [3.8, 4) is 17.3 Å². The number of rotatable bonds is 2. The van der Waals surface area contributed by atoms with E-state index in [2.05, 4.69) is 56.4 Å². The van der Waals surface area contributed by atoms with Crippen LogP contribution < -0.4 is 0 Å². The van der Waals surface area contributed by atoms with Crippen molar-refractivity contribution in [2.45, 2.75) is 13.8 Å². The van der Waals surface area contributed by atoms with Crippen LogP contribution in [0.2, 0.25) is 0 Å². The number of pyridine rings is 1. The van der Waals surface area contributed by atoms with Crippen LogP contribution in [0.1, 0.15) is 11.4 Å². The second-order valence-corrected chi connectivity index (χ2v) is 6.38. The summed E-state index contributed by atoms with van der Waals surface area (Å²) >= 11 is 3.50. The summed E-state index contributed by atoms with van der Waals surface area (Å²) in [6, 6.07) is 13.9. The van der Waals surface area contributed by atoms with Crippen molar-refractivity contribution in [1.82, 2.24) is 14.5 Å². The molecule has 5 heteroatoms. The van der Waals surface area contributed by atoms with Crippen molar-refractivity contribution in [3.63, 3.8) is 0 Å². The fourth-order valence-electron chi connectivity index (χ4n) is 2.76. The first-order valence-corrected chi connectivity index (χ1v) is 8.09. The Morgan fingerprint density at radius 3 is 2.52 bits per heavy atom. The Balaban J connectivity index is 1.99. The van der Waals surface area contributed by atoms with Gasteiger partial charge in [0.05, 0.1) is 5.56 Å². The van der Waals surface area contributed by atoms with E-state index in [1.165, 1.54) is 0 Å². The number of fused-ring (bicyclic) bond motifs is 1. The number of para-hydroxylation sites is 2. The Kier molecular flexibility index (Phi) is 3.31. The van der Waals surface area contributed by atoms with Gasteiger partial charge in [0.25, 0.3) is 0 Å². The fourth-order valence-corrected chi connectivity index (χ4v) is 3.09. The number of hydrogen-bond acceptors (Lipinski definition) is 3. The van der Waals surface area contributed by atoms with Gasteiger partial charge in [-0.25, -0.2) is 9.97 Å². The molecule has 0 aliphatic carbocycles. The van der Waals surface area contributed by atoms with Gasteiger partial charge >= 0.3 is 0 Å². The number of oxazole rings is 1. The van der Waals surface area contributed by atoms with Gasteiger partial charge in [-0.2, -0.15) is 0 Å². The van der Waals surface area contributed by atoms with Crippen molar-refractivity contribution < 1.29 is 4.42 Å². The van der Waals surface area contributed by atoms with Crippen LogP contribution in [0.3, 0.4) is 0 Å². The SMILES string of the molecule is Cc1ccc(C)n1-c1ncc(Br)cc1-c1nc2ccccc2o1. The van der Waals surface area contributed by atoms with Crippen LogP contribution >= 0.6 is 15.9 Å². The van der Waals surface area contributed by atoms with Crippen molar-refractivity contribution in [2.75, 3.05) is 0 Å². The molecule has 0 saturated heterocycles. The average Bonchev–Trinajstić information content (AvgIpc) is 3.11. The second kappa shape index (κ2) is 5.35. The lowest BCUT2D eigenvalue weighted by atomic mass is 10.2. The van der Waals surface area contributed by atoms with E-state index in [0.717, 1.165) is 38.3 Å². The second-order valence-electron chi connectivity index (χ2n) is 5.46. The van der Waals surface area contributed by atoms with Crippen LogP contribution in [0.25, 0.3) is 28.4 Å². The molecule has 0 N–H and O–H groups in total. The molecule has 4 aromatic rings. The standard InChI is InChI=1S/C18H14BrN3O/c1-11-7-8-12(2)22(11)17-14(9-13(19)10-20-17)18-21-15-5-3-4-6-16(15)23-18/h3-10H,1-2H3. The molecule has 0 atom stereocenters. The minimum atomic E-state index is 0.572. The van der Waals surface area contributed by atoms with Gasteiger partial charge in [-0.1, -0.05) is 12.1 Å². The highest BCUT2D eigenvalue weighted by atomic mass is 79.9. The summed E-state index contributed by atoms with van der Waals surface area (Å²) in [5.41, 5.74) is 4.71. The number of benzene rings is 1. The molecular weight excluding hydrogens is 354 g/mol. The summed E-state index contributed by atoms with van der Waals surface area (Å²) in [7, 11) is 0. The third-order valence-corrected chi connectivity index (χ3v) is 4.27. The van der Waals surface area contributed by atoms with Gasteiger partial charge < -0.3 is 8.98 Å². The summed E-state index contributed by atoms with van der Waals surface area (Å²) in [4.78, 5) is 9.22. The number of hydrogen-bond donors (Lipinski definition) is 0. The molecule has 3 heterocycles. The summed E-state index contributed by atoms with van der Waals surface area (Å²) in [5, 5.41) is 0. The summed E-state index contributed by atoms with van der Waals surface area (Å²) in [6.45, 7) is 4.12. The van der Waals surface area contributed by atoms with Crippen LogP contribution in [-0.4, -0.2) is 14.5 Å². The molecule has 0 spiro atoms. The molecule has 0 fully saturated rings. The lowest BCUT2D eigenvalue weighted by molar-refractivity contribution is 0.618. The first-order valence-electron chi connectivity index (χ1n) is 7.30. The first kappa shape index (κ1) is 14.2. The van der Waals surface area contributed by atoms with Gasteiger partial charge in [0.1, 0.15) is 11.3 Å². The molecule has 0 amide bonds. The molecule has 4 nitrogen and oxygen atoms in total. The van der Waals surface area contributed by atoms with Crippen LogP contribution in [0, 0.1) is 13.8 Å². The predicted octanol–water partition coefficient (Wildman–Crippen LogP) is 5.06. The summed E-state index contributed by atoms with van der Waals surface area (Å²) < 4.78 is 8.94. The zero-order chi connectivity index (χ0) is 16.0. The van der Waals surface area contributed by atoms with Crippen LogP contribution in [-0.2, 0) is 0 Å². The normalized spacial score (nSPS) is 11.3. The number of halogens is 1. The molecule has 0 saturated carbocycles. The maximum atomic E-state index is 5.94. The molecule has 0 aliphatic rings. The average molecular weight is 368 g/mol. The quantitative estimate of drug-likeness (QED) is 0.497. The molecule has 0 unspecified atom stereocenters. The predicted molar refractivity (Wildman–Crippen MR) is 93.7 cm³/mol. The van der Waals surface area contributed by atoms with Gasteiger partial charge in [-0.05, 0) is 60.1 Å². The minimum absolute atomic E-state index is 0.572. The first-order chi connectivity index (χ1) is 11.1. The van der Waals surface area contributed by atoms with E-state index in [1.807, 2.05) is 30.3 Å². The minimum Gasteiger partial charge on any atom is -0.436 e. The number of aryl methyl sites for hydroxylation is 2. The smallest absolute Gasteiger partial charge is 0.231 e. The van der Waals surface area contributed by atoms with E-state index in [1.54, 1.807) is 6.20 Å². The molecule has 3 aromatic heterocycles. The largest absolute Gasteiger partial charge is 0.436 e. The molecular formula is C18H14BrN3O. The monoisotopic (exact) mass is 367 g/mol. The van der Waals surface area contributed by atoms with E-state index in [4.69, 9.17) is 4.42 Å². The molecule has 114 valence electrons. The maximum absolute atomic E-state index is 5.94. The Hall–Kier alpha value is -2.40. The maximum Gasteiger partial charge on any atom is 0.231 e. The molecule has 23 heavy (non-hydrogen) atoms. The topological polar surface area (TPSA) is 43.9 Å². The van der Waals surface area contributed by atoms with Crippen molar-refractivity contribution >= 4 is 27.0 Å². The van der Waals surface area contributed by atoms with Gasteiger partial charge in [0.2, 0.25) is 5.89 Å². The lowest BCUT2D eigenvalue weighted by Crippen LogP contribution is -2.04. The van der Waals surface area contributed by atoms with Gasteiger partial charge in [0.15, 0.2) is 5.58 Å². The van der Waals surface area contributed by atoms with E-state index >= 15 is 0 Å². The summed E-state index contributed by atoms with van der Waals surface area (Å²) in [6.07, 6.45) is 1.79. The molecule has 0 aliphatic heterocycles. The highest BCUT2D eigenvalue weighted by Gasteiger charge is 2.17. The van der Waals surface area contributed by atoms with E-state index in [9.17, 15) is 0 Å². The zero-order valence-electron chi connectivity index (χ0n) is 12.7. The Bertz CT molecular complexity index is 964. The lowest BCUT2D eigenvalue weighted by Gasteiger charge is -2.12. The van der Waals surface area contributed by atoms with E-state index in [-0.39, 0.29) is 0 Å². The third kappa shape index (κ3) is 2.37. The van der Waals surface area contributed by atoms with Crippen molar-refractivity contribution in [1.29, 1.82) is 0 Å². The van der Waals surface area contributed by atoms with Crippen LogP contribution in [0.15, 0.2) is 57.6 Å². The Labute approximate surface area is 141 Å².